The molecule has 0 amide bonds. The van der Waals surface area contributed by atoms with Gasteiger partial charge in [0.25, 0.3) is 0 Å². The molecule has 4 aromatic rings. The van der Waals surface area contributed by atoms with E-state index in [1.54, 1.807) is 0 Å². The molecular formula is C23H24ClN7O2. The molecule has 10 heteroatoms. The molecule has 2 aliphatic rings. The number of benzene rings is 1. The van der Waals surface area contributed by atoms with Gasteiger partial charge in [-0.25, -0.2) is 15.0 Å². The Labute approximate surface area is 194 Å². The van der Waals surface area contributed by atoms with E-state index in [1.807, 2.05) is 41.1 Å². The monoisotopic (exact) mass is 465 g/mol. The molecule has 1 saturated carbocycles. The number of fused-ring (bicyclic) bond motifs is 2. The summed E-state index contributed by atoms with van der Waals surface area (Å²) in [6.45, 7) is 0.594. The summed E-state index contributed by atoms with van der Waals surface area (Å²) >= 11 is 6.10. The third kappa shape index (κ3) is 3.07. The van der Waals surface area contributed by atoms with Gasteiger partial charge < -0.3 is 31.6 Å². The Hall–Kier alpha value is -2.98. The molecule has 33 heavy (non-hydrogen) atoms. The zero-order valence-corrected chi connectivity index (χ0v) is 18.4. The van der Waals surface area contributed by atoms with Crippen molar-refractivity contribution in [2.24, 2.45) is 5.41 Å². The Balaban J connectivity index is 1.30. The van der Waals surface area contributed by atoms with E-state index in [4.69, 9.17) is 23.1 Å². The number of rotatable bonds is 2. The van der Waals surface area contributed by atoms with Crippen molar-refractivity contribution in [2.45, 2.75) is 37.1 Å². The lowest BCUT2D eigenvalue weighted by Gasteiger charge is -2.27. The normalized spacial score (nSPS) is 29.5. The van der Waals surface area contributed by atoms with Crippen LogP contribution in [-0.4, -0.2) is 48.5 Å². The minimum atomic E-state index is -0.919. The van der Waals surface area contributed by atoms with Crippen LogP contribution in [0.2, 0.25) is 5.02 Å². The molecule has 1 aliphatic heterocycles. The van der Waals surface area contributed by atoms with Crippen LogP contribution < -0.4 is 16.8 Å². The highest BCUT2D eigenvalue weighted by atomic mass is 35.5. The standard InChI is InChI=1S/C23H24ClN7O2/c24-14-5-11-1-2-12(6-15(11)30-21(14)26)16-7-23(9-27-16)8-17(18(32)19(23)33)31-4-3-13-20(25)28-10-29-22(13)31/h1-6,10,16-19,27,32-33H,7-9H2,(H2,26,30)(H2,25,28,29). The van der Waals surface area contributed by atoms with Crippen molar-refractivity contribution in [3.63, 3.8) is 0 Å². The molecule has 1 spiro atoms. The van der Waals surface area contributed by atoms with Gasteiger partial charge >= 0.3 is 0 Å². The number of aliphatic hydroxyl groups is 2. The van der Waals surface area contributed by atoms with Gasteiger partial charge in [-0.2, -0.15) is 0 Å². The lowest BCUT2D eigenvalue weighted by Crippen LogP contribution is -2.38. The quantitative estimate of drug-likeness (QED) is 0.302. The van der Waals surface area contributed by atoms with Gasteiger partial charge in [-0.3, -0.25) is 0 Å². The van der Waals surface area contributed by atoms with Crippen molar-refractivity contribution in [1.29, 1.82) is 0 Å². The molecular weight excluding hydrogens is 442 g/mol. The third-order valence-electron chi connectivity index (χ3n) is 7.39. The second-order valence-electron chi connectivity index (χ2n) is 9.23. The van der Waals surface area contributed by atoms with E-state index >= 15 is 0 Å². The van der Waals surface area contributed by atoms with Gasteiger partial charge in [0.2, 0.25) is 0 Å². The fourth-order valence-corrected chi connectivity index (χ4v) is 5.80. The Bertz CT molecular complexity index is 1390. The minimum Gasteiger partial charge on any atom is -0.390 e. The first-order chi connectivity index (χ1) is 15.9. The van der Waals surface area contributed by atoms with Crippen LogP contribution in [0.15, 0.2) is 42.9 Å². The van der Waals surface area contributed by atoms with E-state index in [-0.39, 0.29) is 12.1 Å². The maximum Gasteiger partial charge on any atom is 0.145 e. The first-order valence-electron chi connectivity index (χ1n) is 10.9. The average molecular weight is 466 g/mol. The van der Waals surface area contributed by atoms with Gasteiger partial charge in [0.15, 0.2) is 0 Å². The molecule has 7 N–H and O–H groups in total. The molecule has 0 radical (unpaired) electrons. The maximum atomic E-state index is 11.1. The largest absolute Gasteiger partial charge is 0.390 e. The van der Waals surface area contributed by atoms with Crippen LogP contribution in [0.5, 0.6) is 0 Å². The highest BCUT2D eigenvalue weighted by Crippen LogP contribution is 2.52. The Morgan fingerprint density at radius 1 is 1.09 bits per heavy atom. The Morgan fingerprint density at radius 2 is 1.94 bits per heavy atom. The van der Waals surface area contributed by atoms with Crippen molar-refractivity contribution in [1.82, 2.24) is 24.8 Å². The van der Waals surface area contributed by atoms with Crippen LogP contribution in [0, 0.1) is 5.41 Å². The molecule has 1 aliphatic carbocycles. The molecule has 170 valence electrons. The summed E-state index contributed by atoms with van der Waals surface area (Å²) in [5, 5.41) is 27.8. The highest BCUT2D eigenvalue weighted by Gasteiger charge is 2.56. The molecule has 6 rings (SSSR count). The summed E-state index contributed by atoms with van der Waals surface area (Å²) in [6.07, 6.45) is 2.79. The molecule has 5 unspecified atom stereocenters. The topological polar surface area (TPSA) is 148 Å². The minimum absolute atomic E-state index is 0.0214. The maximum absolute atomic E-state index is 11.1. The van der Waals surface area contributed by atoms with Crippen LogP contribution >= 0.6 is 11.6 Å². The van der Waals surface area contributed by atoms with Gasteiger partial charge in [-0.05, 0) is 36.6 Å². The second kappa shape index (κ2) is 7.26. The molecule has 1 aromatic carbocycles. The first-order valence-corrected chi connectivity index (χ1v) is 11.3. The molecule has 2 fully saturated rings. The van der Waals surface area contributed by atoms with Crippen molar-refractivity contribution < 1.29 is 10.2 Å². The van der Waals surface area contributed by atoms with Crippen molar-refractivity contribution in [2.75, 3.05) is 18.0 Å². The molecule has 1 saturated heterocycles. The number of nitrogens with one attached hydrogen (secondary N) is 1. The van der Waals surface area contributed by atoms with E-state index in [1.165, 1.54) is 6.33 Å². The predicted octanol–water partition coefficient (Wildman–Crippen LogP) is 2.18. The van der Waals surface area contributed by atoms with Gasteiger partial charge in [0, 0.05) is 29.6 Å². The average Bonchev–Trinajstić information content (AvgIpc) is 3.48. The van der Waals surface area contributed by atoms with E-state index in [0.717, 1.165) is 21.9 Å². The van der Waals surface area contributed by atoms with Crippen LogP contribution in [0.3, 0.4) is 0 Å². The number of nitrogen functional groups attached to an aromatic ring is 2. The van der Waals surface area contributed by atoms with E-state index < -0.39 is 17.6 Å². The third-order valence-corrected chi connectivity index (χ3v) is 7.70. The van der Waals surface area contributed by atoms with Crippen LogP contribution in [0.1, 0.15) is 30.5 Å². The fraction of sp³-hybridized carbons (Fsp3) is 0.348. The summed E-state index contributed by atoms with van der Waals surface area (Å²) in [5.41, 5.74) is 13.9. The Kier molecular flexibility index (Phi) is 4.54. The predicted molar refractivity (Wildman–Crippen MR) is 127 cm³/mol. The number of hydrogen-bond acceptors (Lipinski definition) is 8. The molecule has 4 heterocycles. The van der Waals surface area contributed by atoms with Gasteiger partial charge in [-0.15, -0.1) is 0 Å². The van der Waals surface area contributed by atoms with E-state index in [0.29, 0.717) is 41.7 Å². The van der Waals surface area contributed by atoms with Gasteiger partial charge in [0.1, 0.15) is 29.7 Å². The number of aliphatic hydroxyl groups excluding tert-OH is 2. The number of anilines is 2. The zero-order chi connectivity index (χ0) is 22.9. The van der Waals surface area contributed by atoms with E-state index in [9.17, 15) is 10.2 Å². The van der Waals surface area contributed by atoms with Crippen LogP contribution in [0.25, 0.3) is 21.9 Å². The Morgan fingerprint density at radius 3 is 2.79 bits per heavy atom. The smallest absolute Gasteiger partial charge is 0.145 e. The van der Waals surface area contributed by atoms with Gasteiger partial charge in [0.05, 0.1) is 28.1 Å². The van der Waals surface area contributed by atoms with Crippen molar-refractivity contribution in [3.05, 3.63) is 53.4 Å². The molecule has 3 aromatic heterocycles. The summed E-state index contributed by atoms with van der Waals surface area (Å²) < 4.78 is 1.91. The number of halogens is 1. The number of hydrogen-bond donors (Lipinski definition) is 5. The summed E-state index contributed by atoms with van der Waals surface area (Å²) in [6, 6.07) is 9.40. The van der Waals surface area contributed by atoms with Crippen LogP contribution in [0.4, 0.5) is 11.6 Å². The van der Waals surface area contributed by atoms with Crippen molar-refractivity contribution >= 4 is 45.2 Å². The number of nitrogens with zero attached hydrogens (tertiary/aromatic N) is 4. The SMILES string of the molecule is Nc1nc2cc(C3CC4(CN3)CC(n3ccc5c(N)ncnc53)C(O)C4O)ccc2cc1Cl. The molecule has 0 bridgehead atoms. The number of nitrogens with two attached hydrogens (primary N) is 2. The summed E-state index contributed by atoms with van der Waals surface area (Å²) in [4.78, 5) is 12.8. The highest BCUT2D eigenvalue weighted by molar-refractivity contribution is 6.33. The lowest BCUT2D eigenvalue weighted by atomic mass is 9.80. The van der Waals surface area contributed by atoms with Gasteiger partial charge in [-0.1, -0.05) is 23.7 Å². The number of aromatic nitrogens is 4. The summed E-state index contributed by atoms with van der Waals surface area (Å²) in [7, 11) is 0. The number of pyridine rings is 1. The summed E-state index contributed by atoms with van der Waals surface area (Å²) in [5.74, 6) is 0.702. The fourth-order valence-electron chi connectivity index (χ4n) is 5.64. The van der Waals surface area contributed by atoms with Crippen LogP contribution in [-0.2, 0) is 0 Å². The van der Waals surface area contributed by atoms with E-state index in [2.05, 4.69) is 20.3 Å². The first kappa shape index (κ1) is 20.6. The van der Waals surface area contributed by atoms with Crippen molar-refractivity contribution in [3.8, 4) is 0 Å². The second-order valence-corrected chi connectivity index (χ2v) is 9.64. The zero-order valence-electron chi connectivity index (χ0n) is 17.7. The lowest BCUT2D eigenvalue weighted by molar-refractivity contribution is -0.0218. The molecule has 9 nitrogen and oxygen atoms in total. The molecule has 5 atom stereocenters.